The average molecular weight is 1600 g/mol. The van der Waals surface area contributed by atoms with E-state index in [0.29, 0.717) is 153 Å². The number of benzene rings is 7. The lowest BCUT2D eigenvalue weighted by atomic mass is 9.80. The molecule has 8 bridgehead atoms. The van der Waals surface area contributed by atoms with Gasteiger partial charge in [-0.1, -0.05) is 155 Å². The Bertz CT molecular complexity index is 5620. The number of carboxylic acid groups (broad SMARTS) is 1. The van der Waals surface area contributed by atoms with Gasteiger partial charge in [0.15, 0.2) is 0 Å². The summed E-state index contributed by atoms with van der Waals surface area (Å²) in [6.07, 6.45) is 5.21. The van der Waals surface area contributed by atoms with E-state index in [1.165, 1.54) is 13.1 Å². The monoisotopic (exact) mass is 1600 g/mol. The van der Waals surface area contributed by atoms with Gasteiger partial charge in [0.1, 0.15) is 41.6 Å². The number of amides is 1. The van der Waals surface area contributed by atoms with Crippen molar-refractivity contribution in [2.24, 2.45) is 0 Å². The van der Waals surface area contributed by atoms with Crippen LogP contribution in [0.25, 0.3) is 90.9 Å². The summed E-state index contributed by atoms with van der Waals surface area (Å²) >= 11 is 42.5. The van der Waals surface area contributed by atoms with Crippen molar-refractivity contribution < 1.29 is 47.6 Å². The molecule has 27 heteroatoms. The van der Waals surface area contributed by atoms with Crippen LogP contribution in [-0.2, 0) is 29.0 Å². The first kappa shape index (κ1) is 75.9. The van der Waals surface area contributed by atoms with Gasteiger partial charge in [0, 0.05) is 91.3 Å². The van der Waals surface area contributed by atoms with Crippen LogP contribution in [0.3, 0.4) is 0 Å². The number of methoxy groups -OCH3 is 2. The summed E-state index contributed by atoms with van der Waals surface area (Å²) in [7, 11) is -1.97. The molecule has 7 aromatic carbocycles. The maximum Gasteiger partial charge on any atom is 0.404 e. The lowest BCUT2D eigenvalue weighted by Crippen LogP contribution is -2.40. The largest absolute Gasteiger partial charge is 0.497 e. The van der Waals surface area contributed by atoms with E-state index in [1.54, 1.807) is 117 Å². The molecule has 1 amide bonds. The second-order valence-corrected chi connectivity index (χ2v) is 29.9. The number of carbonyl (C=O) groups excluding carboxylic acids is 1. The maximum atomic E-state index is 14.4. The van der Waals surface area contributed by atoms with Gasteiger partial charge in [-0.05, 0) is 170 Å². The SMILES string of the molecule is COc1ccc(C(OC[C@H]2O[C@@H](n3cc(C)c(=O)[nH]c3=O)C[C@@H]2OP(=O)(O)N[C@@H](CCCCNC(=O)c2ccc(-c3c4nc(c(-c5c(Cl)cccc5Cl)c5ccc([nH]5)c(-c5c(Cl)cccc5Cl)c5nc(c(-c6c(Cl)cccc6Cl)c6ccc3[nH]6)C=C5)C=C4)cc2)C(=O)O)(c2ccccc2)c2ccc(OC)cc2)cc1. The number of aromatic nitrogens is 6. The van der Waals surface area contributed by atoms with Crippen molar-refractivity contribution in [3.05, 3.63) is 290 Å². The number of halogens is 6. The van der Waals surface area contributed by atoms with Crippen molar-refractivity contribution in [1.82, 2.24) is 39.9 Å². The Balaban J connectivity index is 0.725. The molecule has 7 heterocycles. The number of carboxylic acids is 1. The van der Waals surface area contributed by atoms with E-state index in [-0.39, 0.29) is 44.4 Å². The van der Waals surface area contributed by atoms with Crippen molar-refractivity contribution in [3.8, 4) is 56.0 Å². The van der Waals surface area contributed by atoms with Crippen molar-refractivity contribution in [2.75, 3.05) is 27.4 Å². The highest BCUT2D eigenvalue weighted by Gasteiger charge is 2.46. The summed E-state index contributed by atoms with van der Waals surface area (Å²) in [5.74, 6) is -0.699. The number of H-pyrrole nitrogens is 3. The molecule has 5 atom stereocenters. The lowest BCUT2D eigenvalue weighted by molar-refractivity contribution is -0.139. The van der Waals surface area contributed by atoms with Crippen LogP contribution in [-0.4, -0.2) is 97.0 Å². The Labute approximate surface area is 654 Å². The summed E-state index contributed by atoms with van der Waals surface area (Å²) in [4.78, 5) is 84.8. The van der Waals surface area contributed by atoms with Gasteiger partial charge in [0.05, 0.1) is 73.7 Å². The van der Waals surface area contributed by atoms with Gasteiger partial charge in [-0.2, -0.15) is 0 Å². The molecular formula is C82H67Cl6N8O12P. The van der Waals surface area contributed by atoms with Crippen LogP contribution in [0.5, 0.6) is 11.5 Å². The Morgan fingerprint density at radius 3 is 1.50 bits per heavy atom. The van der Waals surface area contributed by atoms with E-state index >= 15 is 0 Å². The molecule has 3 aliphatic rings. The van der Waals surface area contributed by atoms with Gasteiger partial charge in [0.2, 0.25) is 0 Å². The van der Waals surface area contributed by atoms with Crippen LogP contribution in [0.2, 0.25) is 30.1 Å². The zero-order chi connectivity index (χ0) is 76.4. The Morgan fingerprint density at radius 1 is 0.587 bits per heavy atom. The number of aliphatic carboxylic acids is 1. The molecule has 554 valence electrons. The summed E-state index contributed by atoms with van der Waals surface area (Å²) in [6, 6.07) is 52.8. The number of rotatable bonds is 24. The normalized spacial score (nSPS) is 15.6. The zero-order valence-corrected chi connectivity index (χ0v) is 63.7. The number of aryl methyl sites for hydroxylation is 1. The Morgan fingerprint density at radius 2 is 1.04 bits per heavy atom. The fraction of sp³-hybridized carbons (Fsp3) is 0.171. The molecule has 1 saturated heterocycles. The molecule has 20 nitrogen and oxygen atoms in total. The van der Waals surface area contributed by atoms with Gasteiger partial charge in [-0.3, -0.25) is 28.5 Å². The molecule has 7 N–H and O–H groups in total. The van der Waals surface area contributed by atoms with E-state index in [4.69, 9.17) is 103 Å². The van der Waals surface area contributed by atoms with Gasteiger partial charge >= 0.3 is 19.4 Å². The number of unbranched alkanes of at least 4 members (excludes halogenated alkanes) is 1. The van der Waals surface area contributed by atoms with Crippen LogP contribution in [0.1, 0.15) is 87.3 Å². The first-order valence-corrected chi connectivity index (χ1v) is 38.3. The highest BCUT2D eigenvalue weighted by atomic mass is 35.5. The quantitative estimate of drug-likeness (QED) is 0.0168. The average Bonchev–Trinajstić information content (AvgIpc) is 1.68. The van der Waals surface area contributed by atoms with Crippen LogP contribution in [0.15, 0.2) is 198 Å². The summed E-state index contributed by atoms with van der Waals surface area (Å²) in [5.41, 5.74) is 8.88. The molecule has 1 fully saturated rings. The number of nitrogens with one attached hydrogen (secondary N) is 5. The summed E-state index contributed by atoms with van der Waals surface area (Å²) in [6.45, 7) is 1.28. The van der Waals surface area contributed by atoms with Crippen LogP contribution in [0.4, 0.5) is 0 Å². The molecule has 4 aromatic heterocycles. The smallest absolute Gasteiger partial charge is 0.404 e. The van der Waals surface area contributed by atoms with Crippen molar-refractivity contribution >= 4 is 136 Å². The lowest BCUT2D eigenvalue weighted by Gasteiger charge is -2.37. The highest BCUT2D eigenvalue weighted by Crippen LogP contribution is 2.50. The van der Waals surface area contributed by atoms with Crippen LogP contribution < -0.4 is 31.1 Å². The molecule has 11 aromatic rings. The van der Waals surface area contributed by atoms with E-state index in [0.717, 1.165) is 4.57 Å². The zero-order valence-electron chi connectivity index (χ0n) is 58.3. The third-order valence-electron chi connectivity index (χ3n) is 19.2. The van der Waals surface area contributed by atoms with E-state index < -0.39 is 61.0 Å². The Kier molecular flexibility index (Phi) is 22.5. The number of fused-ring (bicyclic) bond motifs is 8. The summed E-state index contributed by atoms with van der Waals surface area (Å²) < 4.78 is 46.2. The molecule has 0 radical (unpaired) electrons. The third-order valence-corrected chi connectivity index (χ3v) is 22.3. The molecule has 3 aliphatic heterocycles. The second kappa shape index (κ2) is 32.4. The summed E-state index contributed by atoms with van der Waals surface area (Å²) in [5, 5.41) is 18.1. The van der Waals surface area contributed by atoms with Gasteiger partial charge in [0.25, 0.3) is 11.5 Å². The maximum absolute atomic E-state index is 14.4. The van der Waals surface area contributed by atoms with Gasteiger partial charge < -0.3 is 44.2 Å². The fourth-order valence-electron chi connectivity index (χ4n) is 13.9. The van der Waals surface area contributed by atoms with Crippen LogP contribution in [0, 0.1) is 6.92 Å². The first-order chi connectivity index (χ1) is 52.6. The fourth-order valence-corrected chi connectivity index (χ4v) is 17.0. The predicted molar refractivity (Wildman–Crippen MR) is 429 cm³/mol. The predicted octanol–water partition coefficient (Wildman–Crippen LogP) is 18.8. The van der Waals surface area contributed by atoms with Gasteiger partial charge in [-0.15, -0.1) is 0 Å². The molecule has 14 rings (SSSR count). The minimum Gasteiger partial charge on any atom is -0.497 e. The molecule has 0 saturated carbocycles. The number of carbonyl (C=O) groups is 2. The molecule has 1 unspecified atom stereocenters. The number of ether oxygens (including phenoxy) is 4. The standard InChI is InChI=1S/C82H67Cl6N8O12P/c1-45-43-96(81(101)94-78(45)97)70-42-68(69(107-70)44-106-82(48-12-5-4-6-13-48,49-25-29-51(104-2)30-26-49)50-27-31-52(105-3)32-28-50)108-109(102,103)95-67(80(99)100)20-7-8-41-89-79(98)47-23-21-46(22-24-47)71-59-33-35-61(90-59)75(72-53(83)14-9-15-54(72)84)63-37-39-65(92-63)77(74-57(87)18-11-19-58(74)88)66-40-38-64(93-66)76(62-36-34-60(71)91-62)73-55(85)16-10-17-56(73)86/h4-6,9-19,21-40,43,67-70,90,93H,7-8,20,41-42,44H2,1-3H3,(H,89,98)(H,99,100)(H,94,97,101)(H2,95,102,103)/t67-,68-,69+,70+/m0/s1. The molecule has 0 spiro atoms. The second-order valence-electron chi connectivity index (χ2n) is 26.0. The minimum absolute atomic E-state index is 0.102. The first-order valence-electron chi connectivity index (χ1n) is 34.5. The third kappa shape index (κ3) is 15.7. The van der Waals surface area contributed by atoms with Crippen molar-refractivity contribution in [1.29, 1.82) is 0 Å². The number of aromatic amines is 3. The van der Waals surface area contributed by atoms with Crippen LogP contribution >= 0.6 is 77.4 Å². The molecule has 0 aliphatic carbocycles. The van der Waals surface area contributed by atoms with Crippen molar-refractivity contribution in [2.45, 2.75) is 62.7 Å². The minimum atomic E-state index is -5.08. The topological polar surface area (TPSA) is 274 Å². The number of nitrogens with zero attached hydrogens (tertiary/aromatic N) is 3. The Hall–Kier alpha value is -9.87. The van der Waals surface area contributed by atoms with E-state index in [9.17, 15) is 33.7 Å². The van der Waals surface area contributed by atoms with E-state index in [2.05, 4.69) is 25.4 Å². The molecular weight excluding hydrogens is 1530 g/mol. The molecule has 109 heavy (non-hydrogen) atoms. The van der Waals surface area contributed by atoms with Gasteiger partial charge in [-0.25, -0.2) is 24.4 Å². The number of hydrogen-bond donors (Lipinski definition) is 7. The highest BCUT2D eigenvalue weighted by molar-refractivity contribution is 7.50. The number of hydrogen-bond acceptors (Lipinski definition) is 12. The van der Waals surface area contributed by atoms with Crippen molar-refractivity contribution in [3.63, 3.8) is 0 Å². The van der Waals surface area contributed by atoms with E-state index in [1.807, 2.05) is 103 Å².